The zero-order valence-electron chi connectivity index (χ0n) is 14.1. The number of amides is 1. The molecule has 0 aromatic heterocycles. The molecule has 1 aromatic carbocycles. The SMILES string of the molecule is O=C(OCC(=O)N1CCC[C@@H]2CCCC[C@H]21)c1ccccc1[N+](=O)[O-]. The van der Waals surface area contributed by atoms with Gasteiger partial charge in [0.15, 0.2) is 6.61 Å². The van der Waals surface area contributed by atoms with Gasteiger partial charge >= 0.3 is 5.97 Å². The molecule has 0 N–H and O–H groups in total. The van der Waals surface area contributed by atoms with Gasteiger partial charge in [0.1, 0.15) is 5.56 Å². The average Bonchev–Trinajstić information content (AvgIpc) is 2.65. The summed E-state index contributed by atoms with van der Waals surface area (Å²) in [5.74, 6) is -0.487. The van der Waals surface area contributed by atoms with Crippen molar-refractivity contribution < 1.29 is 19.2 Å². The van der Waals surface area contributed by atoms with Crippen LogP contribution in [0.25, 0.3) is 0 Å². The molecule has 1 saturated carbocycles. The van der Waals surface area contributed by atoms with Crippen molar-refractivity contribution in [3.05, 3.63) is 39.9 Å². The standard InChI is InChI=1S/C18H22N2O5/c21-17(19-11-5-7-13-6-1-3-9-15(13)19)12-25-18(22)14-8-2-4-10-16(14)20(23)24/h2,4,8,10,13,15H,1,3,5-7,9,11-12H2/t13-,15+/m0/s1. The molecule has 134 valence electrons. The molecule has 25 heavy (non-hydrogen) atoms. The molecular formula is C18H22N2O5. The van der Waals surface area contributed by atoms with E-state index in [0.717, 1.165) is 32.1 Å². The molecular weight excluding hydrogens is 324 g/mol. The maximum Gasteiger partial charge on any atom is 0.345 e. The largest absolute Gasteiger partial charge is 0.452 e. The molecule has 1 heterocycles. The summed E-state index contributed by atoms with van der Waals surface area (Å²) in [7, 11) is 0. The van der Waals surface area contributed by atoms with E-state index in [1.54, 1.807) is 0 Å². The second-order valence-corrected chi connectivity index (χ2v) is 6.69. The summed E-state index contributed by atoms with van der Waals surface area (Å²) in [5, 5.41) is 11.0. The Bertz CT molecular complexity index is 673. The monoisotopic (exact) mass is 346 g/mol. The number of hydrogen-bond donors (Lipinski definition) is 0. The van der Waals surface area contributed by atoms with Gasteiger partial charge < -0.3 is 9.64 Å². The molecule has 1 saturated heterocycles. The van der Waals surface area contributed by atoms with Gasteiger partial charge in [0.05, 0.1) is 4.92 Å². The highest BCUT2D eigenvalue weighted by molar-refractivity contribution is 5.95. The zero-order valence-corrected chi connectivity index (χ0v) is 14.1. The number of hydrogen-bond acceptors (Lipinski definition) is 5. The van der Waals surface area contributed by atoms with Crippen LogP contribution in [0.2, 0.25) is 0 Å². The van der Waals surface area contributed by atoms with Crippen LogP contribution in [0, 0.1) is 16.0 Å². The molecule has 7 nitrogen and oxygen atoms in total. The number of esters is 1. The van der Waals surface area contributed by atoms with Crippen LogP contribution in [0.5, 0.6) is 0 Å². The van der Waals surface area contributed by atoms with Gasteiger partial charge in [0, 0.05) is 18.7 Å². The lowest BCUT2D eigenvalue weighted by atomic mass is 9.78. The van der Waals surface area contributed by atoms with Crippen molar-refractivity contribution in [2.75, 3.05) is 13.2 Å². The second kappa shape index (κ2) is 7.63. The molecule has 2 fully saturated rings. The first-order valence-electron chi connectivity index (χ1n) is 8.78. The van der Waals surface area contributed by atoms with Gasteiger partial charge in [-0.1, -0.05) is 25.0 Å². The fourth-order valence-corrected chi connectivity index (χ4v) is 4.03. The number of benzene rings is 1. The number of carbonyl (C=O) groups is 2. The summed E-state index contributed by atoms with van der Waals surface area (Å²) in [5.41, 5.74) is -0.445. The summed E-state index contributed by atoms with van der Waals surface area (Å²) < 4.78 is 5.08. The number of likely N-dealkylation sites (tertiary alicyclic amines) is 1. The smallest absolute Gasteiger partial charge is 0.345 e. The minimum Gasteiger partial charge on any atom is -0.452 e. The number of para-hydroxylation sites is 1. The van der Waals surface area contributed by atoms with Crippen LogP contribution in [0.1, 0.15) is 48.9 Å². The Morgan fingerprint density at radius 1 is 1.16 bits per heavy atom. The minimum atomic E-state index is -0.835. The number of nitro groups is 1. The Balaban J connectivity index is 1.62. The van der Waals surface area contributed by atoms with Crippen LogP contribution in [0.15, 0.2) is 24.3 Å². The van der Waals surface area contributed by atoms with Crippen LogP contribution >= 0.6 is 0 Å². The van der Waals surface area contributed by atoms with Gasteiger partial charge in [0.25, 0.3) is 11.6 Å². The first-order chi connectivity index (χ1) is 12.1. The molecule has 1 amide bonds. The Morgan fingerprint density at radius 3 is 2.68 bits per heavy atom. The maximum absolute atomic E-state index is 12.5. The first kappa shape index (κ1) is 17.4. The normalized spacial score (nSPS) is 22.8. The molecule has 3 rings (SSSR count). The van der Waals surface area contributed by atoms with Gasteiger partial charge in [-0.05, 0) is 37.7 Å². The maximum atomic E-state index is 12.5. The lowest BCUT2D eigenvalue weighted by molar-refractivity contribution is -0.385. The first-order valence-corrected chi connectivity index (χ1v) is 8.78. The molecule has 1 aromatic rings. The third-order valence-corrected chi connectivity index (χ3v) is 5.21. The van der Waals surface area contributed by atoms with Crippen LogP contribution < -0.4 is 0 Å². The zero-order chi connectivity index (χ0) is 17.8. The quantitative estimate of drug-likeness (QED) is 0.475. The fraction of sp³-hybridized carbons (Fsp3) is 0.556. The number of ether oxygens (including phenoxy) is 1. The van der Waals surface area contributed by atoms with Crippen molar-refractivity contribution in [1.29, 1.82) is 0 Å². The average molecular weight is 346 g/mol. The second-order valence-electron chi connectivity index (χ2n) is 6.69. The van der Waals surface area contributed by atoms with Crippen LogP contribution in [0.3, 0.4) is 0 Å². The van der Waals surface area contributed by atoms with Crippen molar-refractivity contribution in [3.8, 4) is 0 Å². The molecule has 0 unspecified atom stereocenters. The number of fused-ring (bicyclic) bond motifs is 1. The highest BCUT2D eigenvalue weighted by Gasteiger charge is 2.36. The van der Waals surface area contributed by atoms with Crippen LogP contribution in [-0.4, -0.2) is 40.9 Å². The number of piperidine rings is 1. The lowest BCUT2D eigenvalue weighted by Gasteiger charge is -2.44. The molecule has 0 radical (unpaired) electrons. The van der Waals surface area contributed by atoms with Crippen molar-refractivity contribution >= 4 is 17.6 Å². The topological polar surface area (TPSA) is 89.8 Å². The summed E-state index contributed by atoms with van der Waals surface area (Å²) >= 11 is 0. The highest BCUT2D eigenvalue weighted by Crippen LogP contribution is 2.35. The van der Waals surface area contributed by atoms with Crippen molar-refractivity contribution in [1.82, 2.24) is 4.90 Å². The Kier molecular flexibility index (Phi) is 5.31. The van der Waals surface area contributed by atoms with E-state index >= 15 is 0 Å². The summed E-state index contributed by atoms with van der Waals surface area (Å²) in [6.45, 7) is 0.330. The van der Waals surface area contributed by atoms with Crippen LogP contribution in [0.4, 0.5) is 5.69 Å². The van der Waals surface area contributed by atoms with Gasteiger partial charge in [-0.3, -0.25) is 14.9 Å². The highest BCUT2D eigenvalue weighted by atomic mass is 16.6. The number of rotatable bonds is 4. The predicted octanol–water partition coefficient (Wildman–Crippen LogP) is 2.93. The Hall–Kier alpha value is -2.44. The molecule has 2 atom stereocenters. The van der Waals surface area contributed by atoms with E-state index in [1.807, 2.05) is 4.90 Å². The lowest BCUT2D eigenvalue weighted by Crippen LogP contribution is -2.50. The van der Waals surface area contributed by atoms with Crippen molar-refractivity contribution in [2.24, 2.45) is 5.92 Å². The van der Waals surface area contributed by atoms with Gasteiger partial charge in [-0.15, -0.1) is 0 Å². The fourth-order valence-electron chi connectivity index (χ4n) is 4.03. The van der Waals surface area contributed by atoms with E-state index < -0.39 is 10.9 Å². The Labute approximate surface area is 146 Å². The predicted molar refractivity (Wildman–Crippen MR) is 90.1 cm³/mol. The number of nitrogens with zero attached hydrogens (tertiary/aromatic N) is 2. The third-order valence-electron chi connectivity index (χ3n) is 5.21. The van der Waals surface area contributed by atoms with Gasteiger partial charge in [-0.2, -0.15) is 0 Å². The van der Waals surface area contributed by atoms with Crippen molar-refractivity contribution in [3.63, 3.8) is 0 Å². The van der Waals surface area contributed by atoms with E-state index in [0.29, 0.717) is 12.5 Å². The minimum absolute atomic E-state index is 0.130. The van der Waals surface area contributed by atoms with Crippen molar-refractivity contribution in [2.45, 2.75) is 44.6 Å². The van der Waals surface area contributed by atoms with E-state index in [1.165, 1.54) is 30.7 Å². The van der Waals surface area contributed by atoms with E-state index in [4.69, 9.17) is 4.74 Å². The summed E-state index contributed by atoms with van der Waals surface area (Å²) in [6, 6.07) is 5.85. The summed E-state index contributed by atoms with van der Waals surface area (Å²) in [4.78, 5) is 36.9. The van der Waals surface area contributed by atoms with E-state index in [2.05, 4.69) is 0 Å². The molecule has 0 spiro atoms. The van der Waals surface area contributed by atoms with Crippen LogP contribution in [-0.2, 0) is 9.53 Å². The van der Waals surface area contributed by atoms with E-state index in [9.17, 15) is 19.7 Å². The third kappa shape index (κ3) is 3.81. The summed E-state index contributed by atoms with van der Waals surface area (Å²) in [6.07, 6.45) is 6.64. The number of nitro benzene ring substituents is 1. The van der Waals surface area contributed by atoms with Gasteiger partial charge in [-0.25, -0.2) is 4.79 Å². The molecule has 2 aliphatic rings. The van der Waals surface area contributed by atoms with Gasteiger partial charge in [0.2, 0.25) is 0 Å². The van der Waals surface area contributed by atoms with E-state index in [-0.39, 0.29) is 29.8 Å². The Morgan fingerprint density at radius 2 is 1.88 bits per heavy atom. The molecule has 1 aliphatic carbocycles. The molecule has 1 aliphatic heterocycles. The number of carbonyl (C=O) groups excluding carboxylic acids is 2. The molecule has 7 heteroatoms. The molecule has 0 bridgehead atoms.